The van der Waals surface area contributed by atoms with E-state index in [4.69, 9.17) is 5.26 Å². The van der Waals surface area contributed by atoms with Crippen molar-refractivity contribution in [3.05, 3.63) is 51.5 Å². The lowest BCUT2D eigenvalue weighted by Crippen LogP contribution is -1.82. The fourth-order valence-corrected chi connectivity index (χ4v) is 2.31. The highest BCUT2D eigenvalue weighted by Crippen LogP contribution is 2.21. The Kier molecular flexibility index (Phi) is 3.36. The Hall–Kier alpha value is -1.92. The molecule has 0 spiro atoms. The van der Waals surface area contributed by atoms with Crippen molar-refractivity contribution in [1.82, 2.24) is 4.98 Å². The lowest BCUT2D eigenvalue weighted by Gasteiger charge is -1.97. The molecule has 1 aromatic carbocycles. The van der Waals surface area contributed by atoms with Gasteiger partial charge >= 0.3 is 0 Å². The van der Waals surface area contributed by atoms with E-state index in [9.17, 15) is 0 Å². The van der Waals surface area contributed by atoms with E-state index >= 15 is 0 Å². The van der Waals surface area contributed by atoms with Crippen molar-refractivity contribution in [2.45, 2.75) is 13.8 Å². The van der Waals surface area contributed by atoms with Gasteiger partial charge in [0.05, 0.1) is 5.57 Å². The summed E-state index contributed by atoms with van der Waals surface area (Å²) in [6.45, 7) is 3.97. The number of aryl methyl sites for hydroxylation is 2. The number of hydrogen-bond acceptors (Lipinski definition) is 3. The minimum absolute atomic E-state index is 0.619. The molecule has 2 nitrogen and oxygen atoms in total. The third-order valence-corrected chi connectivity index (χ3v) is 3.32. The smallest absolute Gasteiger partial charge is 0.134 e. The van der Waals surface area contributed by atoms with E-state index in [-0.39, 0.29) is 0 Å². The van der Waals surface area contributed by atoms with Gasteiger partial charge in [0, 0.05) is 11.1 Å². The molecule has 0 radical (unpaired) electrons. The second kappa shape index (κ2) is 4.94. The van der Waals surface area contributed by atoms with Crippen molar-refractivity contribution in [1.29, 1.82) is 5.26 Å². The second-order valence-corrected chi connectivity index (χ2v) is 4.74. The van der Waals surface area contributed by atoms with Crippen molar-refractivity contribution < 1.29 is 0 Å². The van der Waals surface area contributed by atoms with E-state index in [1.54, 1.807) is 0 Å². The van der Waals surface area contributed by atoms with Crippen LogP contribution >= 0.6 is 11.3 Å². The van der Waals surface area contributed by atoms with Gasteiger partial charge in [0.15, 0.2) is 0 Å². The van der Waals surface area contributed by atoms with Crippen LogP contribution in [0.3, 0.4) is 0 Å². The van der Waals surface area contributed by atoms with Crippen LogP contribution in [0.5, 0.6) is 0 Å². The van der Waals surface area contributed by atoms with Gasteiger partial charge in [-0.1, -0.05) is 29.8 Å². The van der Waals surface area contributed by atoms with E-state index in [0.29, 0.717) is 5.57 Å². The minimum atomic E-state index is 0.619. The SMILES string of the molecule is Cc1cccc(C=C(C#N)c2nc(C)cs2)c1. The molecule has 0 amide bonds. The molecule has 0 saturated heterocycles. The topological polar surface area (TPSA) is 36.7 Å². The number of thiazole rings is 1. The van der Waals surface area contributed by atoms with Gasteiger partial charge in [0.1, 0.15) is 11.1 Å². The molecule has 2 aromatic rings. The third-order valence-electron chi connectivity index (χ3n) is 2.32. The Morgan fingerprint density at radius 1 is 1.41 bits per heavy atom. The molecule has 0 atom stereocenters. The first-order chi connectivity index (χ1) is 8.19. The molecule has 17 heavy (non-hydrogen) atoms. The lowest BCUT2D eigenvalue weighted by molar-refractivity contribution is 1.25. The van der Waals surface area contributed by atoms with Crippen LogP contribution in [0.4, 0.5) is 0 Å². The van der Waals surface area contributed by atoms with Gasteiger partial charge in [0.2, 0.25) is 0 Å². The molecule has 0 saturated carbocycles. The standard InChI is InChI=1S/C14H12N2S/c1-10-4-3-5-12(6-10)7-13(8-15)14-16-11(2)9-17-14/h3-7,9H,1-2H3. The minimum Gasteiger partial charge on any atom is -0.241 e. The maximum absolute atomic E-state index is 9.17. The van der Waals surface area contributed by atoms with E-state index in [1.807, 2.05) is 43.5 Å². The fraction of sp³-hybridized carbons (Fsp3) is 0.143. The lowest BCUT2D eigenvalue weighted by atomic mass is 10.1. The molecule has 84 valence electrons. The van der Waals surface area contributed by atoms with E-state index in [0.717, 1.165) is 16.3 Å². The zero-order valence-corrected chi connectivity index (χ0v) is 10.6. The monoisotopic (exact) mass is 240 g/mol. The summed E-state index contributed by atoms with van der Waals surface area (Å²) in [5.74, 6) is 0. The summed E-state index contributed by atoms with van der Waals surface area (Å²) >= 11 is 1.50. The Morgan fingerprint density at radius 3 is 2.82 bits per heavy atom. The maximum atomic E-state index is 9.17. The van der Waals surface area contributed by atoms with Crippen LogP contribution in [-0.2, 0) is 0 Å². The van der Waals surface area contributed by atoms with E-state index in [1.165, 1.54) is 16.9 Å². The number of allylic oxidation sites excluding steroid dienone is 1. The van der Waals surface area contributed by atoms with Gasteiger partial charge in [-0.2, -0.15) is 5.26 Å². The van der Waals surface area contributed by atoms with E-state index in [2.05, 4.69) is 17.1 Å². The van der Waals surface area contributed by atoms with Crippen molar-refractivity contribution in [2.24, 2.45) is 0 Å². The molecule has 0 aliphatic rings. The molecule has 3 heteroatoms. The van der Waals surface area contributed by atoms with Crippen molar-refractivity contribution >= 4 is 23.0 Å². The summed E-state index contributed by atoms with van der Waals surface area (Å²) < 4.78 is 0. The molecular weight excluding hydrogens is 228 g/mol. The molecule has 0 aliphatic carbocycles. The molecule has 0 aliphatic heterocycles. The van der Waals surface area contributed by atoms with Crippen molar-refractivity contribution in [3.63, 3.8) is 0 Å². The predicted molar refractivity (Wildman–Crippen MR) is 71.5 cm³/mol. The Balaban J connectivity index is 2.40. The number of nitriles is 1. The summed E-state index contributed by atoms with van der Waals surface area (Å²) in [5, 5.41) is 11.9. The summed E-state index contributed by atoms with van der Waals surface area (Å²) in [5.41, 5.74) is 3.80. The first-order valence-corrected chi connectivity index (χ1v) is 6.18. The van der Waals surface area contributed by atoms with Crippen LogP contribution in [0, 0.1) is 25.2 Å². The highest BCUT2D eigenvalue weighted by molar-refractivity contribution is 7.11. The molecule has 2 rings (SSSR count). The van der Waals surface area contributed by atoms with Crippen molar-refractivity contribution in [3.8, 4) is 6.07 Å². The van der Waals surface area contributed by atoms with Crippen LogP contribution < -0.4 is 0 Å². The third kappa shape index (κ3) is 2.80. The Morgan fingerprint density at radius 2 is 2.24 bits per heavy atom. The molecule has 1 aromatic heterocycles. The summed E-state index contributed by atoms with van der Waals surface area (Å²) in [6.07, 6.45) is 1.88. The molecule has 0 fully saturated rings. The largest absolute Gasteiger partial charge is 0.241 e. The summed E-state index contributed by atoms with van der Waals surface area (Å²) in [6, 6.07) is 10.3. The average molecular weight is 240 g/mol. The number of rotatable bonds is 2. The van der Waals surface area contributed by atoms with Gasteiger partial charge in [0.25, 0.3) is 0 Å². The zero-order chi connectivity index (χ0) is 12.3. The van der Waals surface area contributed by atoms with Gasteiger partial charge in [-0.25, -0.2) is 4.98 Å². The van der Waals surface area contributed by atoms with Crippen LogP contribution in [0.25, 0.3) is 11.6 Å². The van der Waals surface area contributed by atoms with Crippen LogP contribution in [-0.4, -0.2) is 4.98 Å². The number of aromatic nitrogens is 1. The van der Waals surface area contributed by atoms with Gasteiger partial charge in [-0.3, -0.25) is 0 Å². The Bertz CT molecular complexity index is 603. The predicted octanol–water partition coefficient (Wildman–Crippen LogP) is 3.82. The second-order valence-electron chi connectivity index (χ2n) is 3.88. The first kappa shape index (κ1) is 11.6. The van der Waals surface area contributed by atoms with Gasteiger partial charge in [-0.05, 0) is 25.5 Å². The summed E-state index contributed by atoms with van der Waals surface area (Å²) in [7, 11) is 0. The van der Waals surface area contributed by atoms with Gasteiger partial charge in [-0.15, -0.1) is 11.3 Å². The summed E-state index contributed by atoms with van der Waals surface area (Å²) in [4.78, 5) is 4.33. The van der Waals surface area contributed by atoms with Crippen LogP contribution in [0.1, 0.15) is 21.8 Å². The number of nitrogens with zero attached hydrogens (tertiary/aromatic N) is 2. The first-order valence-electron chi connectivity index (χ1n) is 5.30. The molecule has 0 unspecified atom stereocenters. The average Bonchev–Trinajstić information content (AvgIpc) is 2.73. The zero-order valence-electron chi connectivity index (χ0n) is 9.77. The number of benzene rings is 1. The highest BCUT2D eigenvalue weighted by Gasteiger charge is 2.05. The fourth-order valence-electron chi connectivity index (χ4n) is 1.55. The molecule has 1 heterocycles. The normalized spacial score (nSPS) is 11.2. The quantitative estimate of drug-likeness (QED) is 0.748. The number of hydrogen-bond donors (Lipinski definition) is 0. The van der Waals surface area contributed by atoms with Crippen molar-refractivity contribution in [2.75, 3.05) is 0 Å². The molecule has 0 bridgehead atoms. The molecule has 0 N–H and O–H groups in total. The van der Waals surface area contributed by atoms with Crippen LogP contribution in [0.2, 0.25) is 0 Å². The van der Waals surface area contributed by atoms with Crippen LogP contribution in [0.15, 0.2) is 29.6 Å². The Labute approximate surface area is 105 Å². The molecular formula is C14H12N2S. The van der Waals surface area contributed by atoms with E-state index < -0.39 is 0 Å². The van der Waals surface area contributed by atoms with Gasteiger partial charge < -0.3 is 0 Å². The maximum Gasteiger partial charge on any atom is 0.134 e. The highest BCUT2D eigenvalue weighted by atomic mass is 32.1.